The zero-order valence-electron chi connectivity index (χ0n) is 11.6. The number of nitrogens with zero attached hydrogens (tertiary/aromatic N) is 1. The summed E-state index contributed by atoms with van der Waals surface area (Å²) in [4.78, 5) is 13.7. The van der Waals surface area contributed by atoms with Gasteiger partial charge in [0, 0.05) is 13.1 Å². The Morgan fingerprint density at radius 2 is 1.90 bits per heavy atom. The molecule has 6 heteroatoms. The number of halogens is 2. The molecule has 21 heavy (non-hydrogen) atoms. The summed E-state index contributed by atoms with van der Waals surface area (Å²) in [6.07, 6.45) is 3.34. The van der Waals surface area contributed by atoms with Crippen molar-refractivity contribution in [2.24, 2.45) is 0 Å². The Morgan fingerprint density at radius 1 is 1.29 bits per heavy atom. The molecule has 0 radical (unpaired) electrons. The largest absolute Gasteiger partial charge is 0.433 e. The van der Waals surface area contributed by atoms with Gasteiger partial charge in [0.25, 0.3) is 0 Å². The molecular formula is C15H18F2N2O2. The summed E-state index contributed by atoms with van der Waals surface area (Å²) in [6, 6.07) is 6.04. The van der Waals surface area contributed by atoms with Crippen LogP contribution >= 0.6 is 0 Å². The molecule has 0 aromatic heterocycles. The van der Waals surface area contributed by atoms with E-state index in [0.29, 0.717) is 13.1 Å². The van der Waals surface area contributed by atoms with Gasteiger partial charge in [-0.15, -0.1) is 13.2 Å². The Bertz CT molecular complexity index is 482. The number of alkyl halides is 2. The first-order valence-corrected chi connectivity index (χ1v) is 6.34. The zero-order chi connectivity index (χ0) is 15.7. The first-order valence-electron chi connectivity index (χ1n) is 6.34. The highest BCUT2D eigenvalue weighted by molar-refractivity contribution is 5.93. The predicted molar refractivity (Wildman–Crippen MR) is 78.5 cm³/mol. The maximum atomic E-state index is 12.3. The van der Waals surface area contributed by atoms with Crippen molar-refractivity contribution < 1.29 is 18.3 Å². The third-order valence-corrected chi connectivity index (χ3v) is 2.52. The Morgan fingerprint density at radius 3 is 2.48 bits per heavy atom. The van der Waals surface area contributed by atoms with Gasteiger partial charge in [0.05, 0.1) is 12.2 Å². The topological polar surface area (TPSA) is 41.6 Å². The van der Waals surface area contributed by atoms with Gasteiger partial charge in [0.1, 0.15) is 5.75 Å². The van der Waals surface area contributed by atoms with Crippen molar-refractivity contribution in [1.82, 2.24) is 4.90 Å². The summed E-state index contributed by atoms with van der Waals surface area (Å²) in [6.45, 7) is 5.42. The Balaban J connectivity index is 2.69. The highest BCUT2D eigenvalue weighted by Crippen LogP contribution is 2.25. The molecule has 0 aliphatic carbocycles. The summed E-state index contributed by atoms with van der Waals surface area (Å²) < 4.78 is 28.9. The molecule has 1 N–H and O–H groups in total. The standard InChI is InChI=1S/C15H18F2N2O2/c1-3-9-19(10-4-2)11-14(20)18-12-7-5-6-8-13(12)21-15(16)17/h3-8,15H,1-2,9-11H2,(H,18,20). The molecule has 1 aromatic carbocycles. The van der Waals surface area contributed by atoms with Crippen LogP contribution in [0.5, 0.6) is 5.75 Å². The van der Waals surface area contributed by atoms with Crippen molar-refractivity contribution in [2.75, 3.05) is 25.0 Å². The second kappa shape index (κ2) is 8.86. The highest BCUT2D eigenvalue weighted by Gasteiger charge is 2.13. The lowest BCUT2D eigenvalue weighted by molar-refractivity contribution is -0.117. The number of para-hydroxylation sites is 2. The summed E-state index contributed by atoms with van der Waals surface area (Å²) >= 11 is 0. The molecule has 0 bridgehead atoms. The van der Waals surface area contributed by atoms with E-state index in [4.69, 9.17) is 0 Å². The predicted octanol–water partition coefficient (Wildman–Crippen LogP) is 2.90. The van der Waals surface area contributed by atoms with Crippen LogP contribution in [0.4, 0.5) is 14.5 Å². The number of ether oxygens (including phenoxy) is 1. The van der Waals surface area contributed by atoms with Gasteiger partial charge in [-0.1, -0.05) is 24.3 Å². The van der Waals surface area contributed by atoms with E-state index in [1.807, 2.05) is 0 Å². The van der Waals surface area contributed by atoms with Crippen LogP contribution in [0.25, 0.3) is 0 Å². The molecule has 0 aliphatic rings. The number of amides is 1. The lowest BCUT2D eigenvalue weighted by Crippen LogP contribution is -2.33. The second-order valence-corrected chi connectivity index (χ2v) is 4.19. The van der Waals surface area contributed by atoms with E-state index in [1.165, 1.54) is 12.1 Å². The minimum atomic E-state index is -2.94. The molecular weight excluding hydrogens is 278 g/mol. The zero-order valence-corrected chi connectivity index (χ0v) is 11.6. The van der Waals surface area contributed by atoms with E-state index in [9.17, 15) is 13.6 Å². The van der Waals surface area contributed by atoms with Crippen LogP contribution < -0.4 is 10.1 Å². The molecule has 0 spiro atoms. The average Bonchev–Trinajstić information content (AvgIpc) is 2.41. The third kappa shape index (κ3) is 6.18. The number of carbonyl (C=O) groups excluding carboxylic acids is 1. The van der Waals surface area contributed by atoms with Gasteiger partial charge in [0.15, 0.2) is 0 Å². The normalized spacial score (nSPS) is 10.5. The second-order valence-electron chi connectivity index (χ2n) is 4.19. The molecule has 4 nitrogen and oxygen atoms in total. The van der Waals surface area contributed by atoms with Crippen LogP contribution in [0.15, 0.2) is 49.6 Å². The van der Waals surface area contributed by atoms with E-state index in [0.717, 1.165) is 0 Å². The molecule has 0 aliphatic heterocycles. The van der Waals surface area contributed by atoms with Crippen molar-refractivity contribution in [2.45, 2.75) is 6.61 Å². The molecule has 0 heterocycles. The Hall–Kier alpha value is -2.21. The van der Waals surface area contributed by atoms with E-state index in [-0.39, 0.29) is 23.9 Å². The first kappa shape index (κ1) is 16.8. The highest BCUT2D eigenvalue weighted by atomic mass is 19.3. The summed E-state index contributed by atoms with van der Waals surface area (Å²) in [5, 5.41) is 2.56. The lowest BCUT2D eigenvalue weighted by atomic mass is 10.3. The Labute approximate surface area is 122 Å². The average molecular weight is 296 g/mol. The number of benzene rings is 1. The third-order valence-electron chi connectivity index (χ3n) is 2.52. The van der Waals surface area contributed by atoms with Crippen LogP contribution in [0.3, 0.4) is 0 Å². The van der Waals surface area contributed by atoms with E-state index in [1.54, 1.807) is 29.2 Å². The van der Waals surface area contributed by atoms with Crippen molar-refractivity contribution in [3.63, 3.8) is 0 Å². The number of rotatable bonds is 9. The fraction of sp³-hybridized carbons (Fsp3) is 0.267. The van der Waals surface area contributed by atoms with Gasteiger partial charge in [-0.05, 0) is 12.1 Å². The quantitative estimate of drug-likeness (QED) is 0.712. The number of hydrogen-bond acceptors (Lipinski definition) is 3. The van der Waals surface area contributed by atoms with E-state index >= 15 is 0 Å². The minimum absolute atomic E-state index is 0.0696. The van der Waals surface area contributed by atoms with Crippen molar-refractivity contribution in [1.29, 1.82) is 0 Å². The first-order chi connectivity index (χ1) is 10.1. The fourth-order valence-electron chi connectivity index (χ4n) is 1.73. The fourth-order valence-corrected chi connectivity index (χ4v) is 1.73. The molecule has 0 saturated heterocycles. The van der Waals surface area contributed by atoms with Gasteiger partial charge in [-0.3, -0.25) is 9.69 Å². The summed E-state index contributed by atoms with van der Waals surface area (Å²) in [7, 11) is 0. The molecule has 1 rings (SSSR count). The lowest BCUT2D eigenvalue weighted by Gasteiger charge is -2.18. The maximum absolute atomic E-state index is 12.3. The van der Waals surface area contributed by atoms with Crippen molar-refractivity contribution in [3.05, 3.63) is 49.6 Å². The minimum Gasteiger partial charge on any atom is -0.433 e. The van der Waals surface area contributed by atoms with Gasteiger partial charge in [-0.25, -0.2) is 0 Å². The van der Waals surface area contributed by atoms with Gasteiger partial charge < -0.3 is 10.1 Å². The van der Waals surface area contributed by atoms with E-state index in [2.05, 4.69) is 23.2 Å². The molecule has 114 valence electrons. The van der Waals surface area contributed by atoms with Crippen LogP contribution in [-0.4, -0.2) is 37.1 Å². The Kier molecular flexibility index (Phi) is 7.11. The van der Waals surface area contributed by atoms with Gasteiger partial charge in [-0.2, -0.15) is 8.78 Å². The molecule has 0 unspecified atom stereocenters. The van der Waals surface area contributed by atoms with E-state index < -0.39 is 6.61 Å². The SMILES string of the molecule is C=CCN(CC=C)CC(=O)Nc1ccccc1OC(F)F. The van der Waals surface area contributed by atoms with Crippen molar-refractivity contribution >= 4 is 11.6 Å². The van der Waals surface area contributed by atoms with Crippen LogP contribution in [-0.2, 0) is 4.79 Å². The smallest absolute Gasteiger partial charge is 0.387 e. The molecule has 0 fully saturated rings. The van der Waals surface area contributed by atoms with Crippen LogP contribution in [0.2, 0.25) is 0 Å². The monoisotopic (exact) mass is 296 g/mol. The summed E-state index contributed by atoms with van der Waals surface area (Å²) in [5.74, 6) is -0.399. The molecule has 0 saturated carbocycles. The van der Waals surface area contributed by atoms with Gasteiger partial charge in [0.2, 0.25) is 5.91 Å². The number of anilines is 1. The van der Waals surface area contributed by atoms with Gasteiger partial charge >= 0.3 is 6.61 Å². The van der Waals surface area contributed by atoms with Crippen LogP contribution in [0, 0.1) is 0 Å². The number of nitrogens with one attached hydrogen (secondary N) is 1. The summed E-state index contributed by atoms with van der Waals surface area (Å²) in [5.41, 5.74) is 0.208. The van der Waals surface area contributed by atoms with Crippen molar-refractivity contribution in [3.8, 4) is 5.75 Å². The number of carbonyl (C=O) groups is 1. The number of hydrogen-bond donors (Lipinski definition) is 1. The maximum Gasteiger partial charge on any atom is 0.387 e. The molecule has 1 aromatic rings. The van der Waals surface area contributed by atoms with Crippen LogP contribution in [0.1, 0.15) is 0 Å². The molecule has 1 amide bonds. The molecule has 0 atom stereocenters.